The molecule has 146 valence electrons. The van der Waals surface area contributed by atoms with Gasteiger partial charge in [0.05, 0.1) is 18.3 Å². The van der Waals surface area contributed by atoms with Crippen LogP contribution in [0.1, 0.15) is 32.8 Å². The van der Waals surface area contributed by atoms with Crippen LogP contribution in [-0.2, 0) is 10.1 Å². The van der Waals surface area contributed by atoms with Gasteiger partial charge in [0, 0.05) is 12.6 Å². The van der Waals surface area contributed by atoms with Crippen molar-refractivity contribution in [1.29, 1.82) is 0 Å². The Bertz CT molecular complexity index is 811. The Hall–Kier alpha value is -1.00. The molecular formula is C17H27BrN2O5Si. The van der Waals surface area contributed by atoms with Crippen molar-refractivity contribution in [3.63, 3.8) is 0 Å². The Morgan fingerprint density at radius 1 is 1.46 bits per heavy atom. The number of H-pyrrole nitrogens is 1. The van der Waals surface area contributed by atoms with Crippen molar-refractivity contribution in [2.75, 3.05) is 6.61 Å². The highest BCUT2D eigenvalue weighted by Gasteiger charge is 2.61. The highest BCUT2D eigenvalue weighted by atomic mass is 79.9. The quantitative estimate of drug-likeness (QED) is 0.610. The van der Waals surface area contributed by atoms with Gasteiger partial charge in [-0.1, -0.05) is 49.8 Å². The van der Waals surface area contributed by atoms with Crippen molar-refractivity contribution in [2.45, 2.75) is 62.9 Å². The molecule has 7 nitrogen and oxygen atoms in total. The second-order valence-electron chi connectivity index (χ2n) is 8.28. The Morgan fingerprint density at radius 2 is 2.08 bits per heavy atom. The third-order valence-corrected chi connectivity index (χ3v) is 12.4. The number of aromatic amines is 1. The molecule has 1 fully saturated rings. The van der Waals surface area contributed by atoms with Crippen LogP contribution in [0.2, 0.25) is 18.1 Å². The van der Waals surface area contributed by atoms with Crippen molar-refractivity contribution in [3.05, 3.63) is 37.6 Å². The Balaban J connectivity index is 2.82. The molecule has 1 aliphatic rings. The largest absolute Gasteiger partial charge is 0.394 e. The summed E-state index contributed by atoms with van der Waals surface area (Å²) < 4.78 is 7.62. The van der Waals surface area contributed by atoms with Crippen LogP contribution in [0, 0.1) is 0 Å². The van der Waals surface area contributed by atoms with Gasteiger partial charge in [-0.15, -0.1) is 0 Å². The van der Waals surface area contributed by atoms with Crippen molar-refractivity contribution in [1.82, 2.24) is 9.55 Å². The maximum Gasteiger partial charge on any atom is 0.330 e. The molecule has 0 aromatic carbocycles. The van der Waals surface area contributed by atoms with E-state index < -0.39 is 36.9 Å². The molecule has 1 aromatic heterocycles. The fourth-order valence-corrected chi connectivity index (χ4v) is 6.73. The first-order valence-corrected chi connectivity index (χ1v) is 12.4. The molecule has 3 atom stereocenters. The molecule has 0 spiro atoms. The van der Waals surface area contributed by atoms with Gasteiger partial charge in [0.25, 0.3) is 5.56 Å². The molecule has 0 amide bonds. The fourth-order valence-electron chi connectivity index (χ4n) is 3.34. The predicted octanol–water partition coefficient (Wildman–Crippen LogP) is 1.74. The SMILES string of the molecule is CC(C)(C)[Si](C)(C)[C@]1(n2cc(/C=C/Br)c(=O)[nH]c2=O)C[C@H](O)[C@@H](CO)O1. The summed E-state index contributed by atoms with van der Waals surface area (Å²) in [4.78, 5) is 28.7. The zero-order chi connectivity index (χ0) is 19.9. The van der Waals surface area contributed by atoms with E-state index in [0.29, 0.717) is 5.56 Å². The molecule has 0 radical (unpaired) electrons. The molecule has 0 bridgehead atoms. The number of nitrogens with one attached hydrogen (secondary N) is 1. The van der Waals surface area contributed by atoms with E-state index >= 15 is 0 Å². The summed E-state index contributed by atoms with van der Waals surface area (Å²) in [6.07, 6.45) is 1.52. The minimum Gasteiger partial charge on any atom is -0.394 e. The molecule has 0 unspecified atom stereocenters. The van der Waals surface area contributed by atoms with E-state index in [1.165, 1.54) is 15.7 Å². The van der Waals surface area contributed by atoms with E-state index in [9.17, 15) is 19.8 Å². The first kappa shape index (κ1) is 21.3. The zero-order valence-corrected chi connectivity index (χ0v) is 18.3. The molecule has 9 heteroatoms. The van der Waals surface area contributed by atoms with Crippen LogP contribution in [0.25, 0.3) is 6.08 Å². The fraction of sp³-hybridized carbons (Fsp3) is 0.647. The van der Waals surface area contributed by atoms with Gasteiger partial charge in [-0.25, -0.2) is 4.79 Å². The van der Waals surface area contributed by atoms with Crippen molar-refractivity contribution >= 4 is 30.1 Å². The highest BCUT2D eigenvalue weighted by Crippen LogP contribution is 2.51. The van der Waals surface area contributed by atoms with E-state index in [1.54, 1.807) is 6.08 Å². The van der Waals surface area contributed by atoms with Crippen molar-refractivity contribution < 1.29 is 14.9 Å². The number of halogens is 1. The second-order valence-corrected chi connectivity index (χ2v) is 14.3. The number of nitrogens with zero attached hydrogens (tertiary/aromatic N) is 1. The molecule has 0 aliphatic carbocycles. The van der Waals surface area contributed by atoms with Gasteiger partial charge in [-0.2, -0.15) is 0 Å². The van der Waals surface area contributed by atoms with Crippen LogP contribution in [0.4, 0.5) is 0 Å². The van der Waals surface area contributed by atoms with Crippen LogP contribution in [0.15, 0.2) is 20.8 Å². The van der Waals surface area contributed by atoms with Crippen molar-refractivity contribution in [3.8, 4) is 0 Å². The minimum absolute atomic E-state index is 0.179. The number of ether oxygens (including phenoxy) is 1. The number of aromatic nitrogens is 2. The van der Waals surface area contributed by atoms with Gasteiger partial charge >= 0.3 is 5.69 Å². The number of hydrogen-bond donors (Lipinski definition) is 3. The minimum atomic E-state index is -2.45. The Kier molecular flexibility index (Phi) is 5.89. The van der Waals surface area contributed by atoms with E-state index in [0.717, 1.165) is 0 Å². The van der Waals surface area contributed by atoms with Crippen molar-refractivity contribution in [2.24, 2.45) is 0 Å². The van der Waals surface area contributed by atoms with Gasteiger partial charge in [0.15, 0.2) is 0 Å². The molecule has 0 saturated carbocycles. The normalized spacial score (nSPS) is 27.4. The molecule has 2 rings (SSSR count). The van der Waals surface area contributed by atoms with Crippen LogP contribution < -0.4 is 11.2 Å². The van der Waals surface area contributed by atoms with Crippen LogP contribution in [-0.4, -0.2) is 46.7 Å². The molecule has 1 aromatic rings. The smallest absolute Gasteiger partial charge is 0.330 e. The lowest BCUT2D eigenvalue weighted by atomic mass is 10.2. The van der Waals surface area contributed by atoms with Crippen LogP contribution >= 0.6 is 15.9 Å². The molecule has 26 heavy (non-hydrogen) atoms. The molecular weight excluding hydrogens is 420 g/mol. The van der Waals surface area contributed by atoms with Gasteiger partial charge in [-0.05, 0) is 16.1 Å². The topological polar surface area (TPSA) is 105 Å². The van der Waals surface area contributed by atoms with E-state index in [-0.39, 0.29) is 18.1 Å². The number of aliphatic hydroxyl groups is 2. The van der Waals surface area contributed by atoms with E-state index in [1.807, 2.05) is 0 Å². The number of hydrogen-bond acceptors (Lipinski definition) is 5. The van der Waals surface area contributed by atoms with Crippen LogP contribution in [0.5, 0.6) is 0 Å². The average Bonchev–Trinajstić information content (AvgIpc) is 2.87. The maximum atomic E-state index is 12.7. The van der Waals surface area contributed by atoms with Gasteiger partial charge in [0.2, 0.25) is 0 Å². The number of rotatable bonds is 4. The molecule has 3 N–H and O–H groups in total. The highest BCUT2D eigenvalue weighted by molar-refractivity contribution is 9.11. The summed E-state index contributed by atoms with van der Waals surface area (Å²) in [5, 5.41) is 18.8. The van der Waals surface area contributed by atoms with E-state index in [2.05, 4.69) is 54.8 Å². The second kappa shape index (κ2) is 7.20. The molecule has 1 aliphatic heterocycles. The predicted molar refractivity (Wildman–Crippen MR) is 107 cm³/mol. The summed E-state index contributed by atoms with van der Waals surface area (Å²) in [6.45, 7) is 10.1. The van der Waals surface area contributed by atoms with Gasteiger partial charge in [-0.3, -0.25) is 14.3 Å². The summed E-state index contributed by atoms with van der Waals surface area (Å²) in [5.41, 5.74) is -0.785. The lowest BCUT2D eigenvalue weighted by molar-refractivity contribution is -0.0778. The van der Waals surface area contributed by atoms with E-state index in [4.69, 9.17) is 4.74 Å². The summed E-state index contributed by atoms with van der Waals surface area (Å²) >= 11 is 3.15. The Labute approximate surface area is 161 Å². The van der Waals surface area contributed by atoms with Crippen LogP contribution in [0.3, 0.4) is 0 Å². The standard InChI is InChI=1S/C17H27BrN2O5Si/c1-16(2,3)26(4,5)17(8-12(22)13(10-21)25-17)20-9-11(6-7-18)14(23)19-15(20)24/h6-7,9,12-13,21-22H,8,10H2,1-5H3,(H,19,23,24)/b7-6+/t12-,13+,17-/m0/s1. The number of aliphatic hydroxyl groups excluding tert-OH is 2. The first-order valence-electron chi connectivity index (χ1n) is 8.51. The molecule has 1 saturated heterocycles. The lowest BCUT2D eigenvalue weighted by Crippen LogP contribution is -2.64. The summed E-state index contributed by atoms with van der Waals surface area (Å²) in [6, 6.07) is 0. The van der Waals surface area contributed by atoms with Gasteiger partial charge in [0.1, 0.15) is 19.5 Å². The molecule has 2 heterocycles. The third-order valence-electron chi connectivity index (χ3n) is 5.89. The lowest BCUT2D eigenvalue weighted by Gasteiger charge is -2.50. The monoisotopic (exact) mass is 446 g/mol. The summed E-state index contributed by atoms with van der Waals surface area (Å²) in [5.74, 6) is 0. The zero-order valence-electron chi connectivity index (χ0n) is 15.7. The Morgan fingerprint density at radius 3 is 2.54 bits per heavy atom. The third kappa shape index (κ3) is 3.31. The summed E-state index contributed by atoms with van der Waals surface area (Å²) in [7, 11) is -2.45. The first-order chi connectivity index (χ1) is 11.9. The maximum absolute atomic E-state index is 12.7. The van der Waals surface area contributed by atoms with Gasteiger partial charge < -0.3 is 14.9 Å². The average molecular weight is 447 g/mol.